The summed E-state index contributed by atoms with van der Waals surface area (Å²) >= 11 is 1.54. The molecular weight excluding hydrogens is 354 g/mol. The molecule has 27 heavy (non-hydrogen) atoms. The van der Waals surface area contributed by atoms with Crippen LogP contribution in [0.5, 0.6) is 0 Å². The predicted molar refractivity (Wildman–Crippen MR) is 114 cm³/mol. The fourth-order valence-electron chi connectivity index (χ4n) is 3.38. The average molecular weight is 380 g/mol. The van der Waals surface area contributed by atoms with E-state index in [-0.39, 0.29) is 5.91 Å². The maximum absolute atomic E-state index is 12.9. The van der Waals surface area contributed by atoms with Crippen molar-refractivity contribution in [2.24, 2.45) is 0 Å². The second kappa shape index (κ2) is 8.53. The van der Waals surface area contributed by atoms with Gasteiger partial charge in [0.2, 0.25) is 5.91 Å². The summed E-state index contributed by atoms with van der Waals surface area (Å²) in [5, 5.41) is 3.11. The number of anilines is 1. The highest BCUT2D eigenvalue weighted by Gasteiger charge is 2.16. The fourth-order valence-corrected chi connectivity index (χ4v) is 3.83. The van der Waals surface area contributed by atoms with Crippen LogP contribution in [0.1, 0.15) is 30.3 Å². The SMILES string of the molecule is CCN(C(=O)CCc1c(C)nc(SC)nc1C)c1ccc2ccccc2c1. The highest BCUT2D eigenvalue weighted by atomic mass is 32.2. The third-order valence-electron chi connectivity index (χ3n) is 4.83. The lowest BCUT2D eigenvalue weighted by molar-refractivity contribution is -0.118. The molecule has 0 spiro atoms. The summed E-state index contributed by atoms with van der Waals surface area (Å²) in [5.74, 6) is 0.125. The molecule has 0 bridgehead atoms. The molecule has 0 radical (unpaired) electrons. The maximum atomic E-state index is 12.9. The topological polar surface area (TPSA) is 46.1 Å². The molecule has 0 unspecified atom stereocenters. The molecular formula is C22H25N3OS. The van der Waals surface area contributed by atoms with E-state index in [2.05, 4.69) is 34.2 Å². The predicted octanol–water partition coefficient (Wildman–Crippen LogP) is 4.95. The first kappa shape index (κ1) is 19.4. The molecule has 1 aromatic heterocycles. The van der Waals surface area contributed by atoms with Crippen LogP contribution in [-0.4, -0.2) is 28.7 Å². The van der Waals surface area contributed by atoms with Gasteiger partial charge in [0.1, 0.15) is 0 Å². The third kappa shape index (κ3) is 4.30. The summed E-state index contributed by atoms with van der Waals surface area (Å²) in [5.41, 5.74) is 3.96. The van der Waals surface area contributed by atoms with Crippen molar-refractivity contribution in [3.8, 4) is 0 Å². The van der Waals surface area contributed by atoms with Crippen LogP contribution in [0.4, 0.5) is 5.69 Å². The largest absolute Gasteiger partial charge is 0.313 e. The molecule has 0 fully saturated rings. The fraction of sp³-hybridized carbons (Fsp3) is 0.318. The van der Waals surface area contributed by atoms with Gasteiger partial charge in [0.05, 0.1) is 0 Å². The Morgan fingerprint density at radius 1 is 1.04 bits per heavy atom. The van der Waals surface area contributed by atoms with Gasteiger partial charge in [-0.05, 0) is 61.9 Å². The van der Waals surface area contributed by atoms with Crippen molar-refractivity contribution >= 4 is 34.1 Å². The van der Waals surface area contributed by atoms with E-state index < -0.39 is 0 Å². The van der Waals surface area contributed by atoms with Crippen LogP contribution in [0, 0.1) is 13.8 Å². The highest BCUT2D eigenvalue weighted by Crippen LogP contribution is 2.23. The van der Waals surface area contributed by atoms with Gasteiger partial charge < -0.3 is 4.90 Å². The van der Waals surface area contributed by atoms with Gasteiger partial charge in [-0.3, -0.25) is 4.79 Å². The smallest absolute Gasteiger partial charge is 0.227 e. The van der Waals surface area contributed by atoms with Crippen LogP contribution in [0.25, 0.3) is 10.8 Å². The van der Waals surface area contributed by atoms with Gasteiger partial charge in [-0.2, -0.15) is 0 Å². The van der Waals surface area contributed by atoms with Crippen LogP contribution in [-0.2, 0) is 11.2 Å². The molecule has 0 aliphatic carbocycles. The minimum atomic E-state index is 0.125. The van der Waals surface area contributed by atoms with E-state index >= 15 is 0 Å². The zero-order chi connectivity index (χ0) is 19.4. The normalized spacial score (nSPS) is 11.0. The van der Waals surface area contributed by atoms with Crippen LogP contribution in [0.15, 0.2) is 47.6 Å². The number of benzene rings is 2. The molecule has 140 valence electrons. The molecule has 0 saturated carbocycles. The van der Waals surface area contributed by atoms with E-state index in [4.69, 9.17) is 0 Å². The van der Waals surface area contributed by atoms with Gasteiger partial charge >= 0.3 is 0 Å². The monoisotopic (exact) mass is 379 g/mol. The number of amides is 1. The standard InChI is InChI=1S/C22H25N3OS/c1-5-25(19-11-10-17-8-6-7-9-18(17)14-19)21(26)13-12-20-15(2)23-22(27-4)24-16(20)3/h6-11,14H,5,12-13H2,1-4H3. The molecule has 3 aromatic rings. The second-order valence-corrected chi connectivity index (χ2v) is 7.30. The summed E-state index contributed by atoms with van der Waals surface area (Å²) < 4.78 is 0. The first-order valence-corrected chi connectivity index (χ1v) is 10.4. The van der Waals surface area contributed by atoms with Crippen molar-refractivity contribution in [1.82, 2.24) is 9.97 Å². The first-order chi connectivity index (χ1) is 13.0. The zero-order valence-electron chi connectivity index (χ0n) is 16.3. The summed E-state index contributed by atoms with van der Waals surface area (Å²) in [4.78, 5) is 23.8. The Balaban J connectivity index is 1.77. The number of hydrogen-bond acceptors (Lipinski definition) is 4. The van der Waals surface area contributed by atoms with Gasteiger partial charge in [-0.25, -0.2) is 9.97 Å². The van der Waals surface area contributed by atoms with Crippen molar-refractivity contribution in [2.75, 3.05) is 17.7 Å². The van der Waals surface area contributed by atoms with Gasteiger partial charge in [-0.1, -0.05) is 42.1 Å². The molecule has 0 N–H and O–H groups in total. The van der Waals surface area contributed by atoms with E-state index in [0.717, 1.165) is 33.2 Å². The highest BCUT2D eigenvalue weighted by molar-refractivity contribution is 7.98. The number of carbonyl (C=O) groups excluding carboxylic acids is 1. The number of carbonyl (C=O) groups is 1. The van der Waals surface area contributed by atoms with E-state index in [1.807, 2.05) is 50.1 Å². The summed E-state index contributed by atoms with van der Waals surface area (Å²) in [6.45, 7) is 6.65. The number of aromatic nitrogens is 2. The molecule has 0 aliphatic rings. The summed E-state index contributed by atoms with van der Waals surface area (Å²) in [7, 11) is 0. The van der Waals surface area contributed by atoms with Gasteiger partial charge in [0.15, 0.2) is 5.16 Å². The lowest BCUT2D eigenvalue weighted by atomic mass is 10.1. The average Bonchev–Trinajstić information content (AvgIpc) is 2.67. The van der Waals surface area contributed by atoms with Gasteiger partial charge in [0.25, 0.3) is 0 Å². The molecule has 4 nitrogen and oxygen atoms in total. The number of hydrogen-bond donors (Lipinski definition) is 0. The first-order valence-electron chi connectivity index (χ1n) is 9.20. The minimum Gasteiger partial charge on any atom is -0.313 e. The van der Waals surface area contributed by atoms with E-state index in [1.165, 1.54) is 17.1 Å². The van der Waals surface area contributed by atoms with E-state index in [1.54, 1.807) is 0 Å². The summed E-state index contributed by atoms with van der Waals surface area (Å²) in [6, 6.07) is 14.4. The Bertz CT molecular complexity index is 948. The Morgan fingerprint density at radius 2 is 1.70 bits per heavy atom. The Hall–Kier alpha value is -2.40. The summed E-state index contributed by atoms with van der Waals surface area (Å²) in [6.07, 6.45) is 3.08. The van der Waals surface area contributed by atoms with Gasteiger partial charge in [0, 0.05) is 30.0 Å². The molecule has 3 rings (SSSR count). The second-order valence-electron chi connectivity index (χ2n) is 6.53. The Kier molecular flexibility index (Phi) is 6.11. The lowest BCUT2D eigenvalue weighted by Crippen LogP contribution is -2.30. The van der Waals surface area contributed by atoms with Crippen molar-refractivity contribution < 1.29 is 4.79 Å². The van der Waals surface area contributed by atoms with Crippen LogP contribution >= 0.6 is 11.8 Å². The molecule has 1 amide bonds. The Labute approximate surface area is 165 Å². The van der Waals surface area contributed by atoms with Gasteiger partial charge in [-0.15, -0.1) is 0 Å². The molecule has 1 heterocycles. The maximum Gasteiger partial charge on any atom is 0.227 e. The number of nitrogens with zero attached hydrogens (tertiary/aromatic N) is 3. The van der Waals surface area contributed by atoms with Crippen molar-refractivity contribution in [1.29, 1.82) is 0 Å². The number of aryl methyl sites for hydroxylation is 2. The molecule has 0 atom stereocenters. The third-order valence-corrected chi connectivity index (χ3v) is 5.38. The Morgan fingerprint density at radius 3 is 2.33 bits per heavy atom. The van der Waals surface area contributed by atoms with E-state index in [0.29, 0.717) is 19.4 Å². The van der Waals surface area contributed by atoms with Crippen molar-refractivity contribution in [2.45, 2.75) is 38.8 Å². The molecule has 5 heteroatoms. The molecule has 0 aliphatic heterocycles. The van der Waals surface area contributed by atoms with E-state index in [9.17, 15) is 4.79 Å². The lowest BCUT2D eigenvalue weighted by Gasteiger charge is -2.22. The van der Waals surface area contributed by atoms with Crippen LogP contribution in [0.3, 0.4) is 0 Å². The minimum absolute atomic E-state index is 0.125. The number of fused-ring (bicyclic) bond motifs is 1. The van der Waals surface area contributed by atoms with Crippen molar-refractivity contribution in [3.63, 3.8) is 0 Å². The van der Waals surface area contributed by atoms with Crippen molar-refractivity contribution in [3.05, 3.63) is 59.4 Å². The molecule has 2 aromatic carbocycles. The number of thioether (sulfide) groups is 1. The zero-order valence-corrected chi connectivity index (χ0v) is 17.1. The molecule has 0 saturated heterocycles. The number of rotatable bonds is 6. The van der Waals surface area contributed by atoms with Crippen LogP contribution in [0.2, 0.25) is 0 Å². The van der Waals surface area contributed by atoms with Crippen LogP contribution < -0.4 is 4.90 Å². The quantitative estimate of drug-likeness (QED) is 0.449.